The van der Waals surface area contributed by atoms with Crippen molar-refractivity contribution >= 4 is 11.8 Å². The average Bonchev–Trinajstić information content (AvgIpc) is 3.24. The van der Waals surface area contributed by atoms with Gasteiger partial charge >= 0.3 is 0 Å². The van der Waals surface area contributed by atoms with E-state index in [2.05, 4.69) is 10.3 Å². The van der Waals surface area contributed by atoms with Gasteiger partial charge in [-0.15, -0.1) is 0 Å². The van der Waals surface area contributed by atoms with Crippen LogP contribution in [0.5, 0.6) is 0 Å². The number of nitrogens with one attached hydrogen (secondary N) is 1. The standard InChI is InChI=1S/C22H27N3O3/c26-20(24-16-7-3-1-2-4-8-16)18-17-9-10-22(28-17)14-25(21(27)19(18)22)13-15-6-5-11-23-12-15/h5-6,9-12,16-19H,1-4,7-8,13-14H2,(H,24,26)/t17-,18?,19-,22?/m0/s1. The topological polar surface area (TPSA) is 71.5 Å². The second kappa shape index (κ2) is 6.99. The molecule has 1 saturated carbocycles. The molecule has 3 fully saturated rings. The van der Waals surface area contributed by atoms with E-state index in [9.17, 15) is 9.59 Å². The zero-order valence-electron chi connectivity index (χ0n) is 16.0. The first-order chi connectivity index (χ1) is 13.7. The van der Waals surface area contributed by atoms with Gasteiger partial charge in [-0.25, -0.2) is 0 Å². The highest BCUT2D eigenvalue weighted by Crippen LogP contribution is 2.52. The van der Waals surface area contributed by atoms with Crippen LogP contribution in [0.4, 0.5) is 0 Å². The van der Waals surface area contributed by atoms with Gasteiger partial charge in [-0.1, -0.05) is 43.9 Å². The molecule has 1 aromatic rings. The van der Waals surface area contributed by atoms with Crippen molar-refractivity contribution in [3.05, 3.63) is 42.2 Å². The van der Waals surface area contributed by atoms with Gasteiger partial charge in [0.2, 0.25) is 11.8 Å². The maximum Gasteiger partial charge on any atom is 0.230 e. The Morgan fingerprint density at radius 2 is 2.11 bits per heavy atom. The van der Waals surface area contributed by atoms with Crippen LogP contribution in [0.2, 0.25) is 0 Å². The number of nitrogens with zero attached hydrogens (tertiary/aromatic N) is 2. The highest BCUT2D eigenvalue weighted by atomic mass is 16.5. The molecule has 6 nitrogen and oxygen atoms in total. The van der Waals surface area contributed by atoms with Crippen molar-refractivity contribution in [1.29, 1.82) is 0 Å². The van der Waals surface area contributed by atoms with Crippen LogP contribution in [-0.4, -0.2) is 46.0 Å². The fourth-order valence-corrected chi connectivity index (χ4v) is 5.44. The Morgan fingerprint density at radius 3 is 2.86 bits per heavy atom. The summed E-state index contributed by atoms with van der Waals surface area (Å²) < 4.78 is 6.22. The molecular formula is C22H27N3O3. The third-order valence-corrected chi connectivity index (χ3v) is 6.78. The lowest BCUT2D eigenvalue weighted by molar-refractivity contribution is -0.138. The van der Waals surface area contributed by atoms with E-state index in [4.69, 9.17) is 4.74 Å². The molecule has 4 atom stereocenters. The van der Waals surface area contributed by atoms with Gasteiger partial charge in [0.1, 0.15) is 5.60 Å². The Morgan fingerprint density at radius 1 is 1.29 bits per heavy atom. The summed E-state index contributed by atoms with van der Waals surface area (Å²) in [6.07, 6.45) is 14.1. The molecular weight excluding hydrogens is 354 g/mol. The first kappa shape index (κ1) is 17.9. The van der Waals surface area contributed by atoms with Gasteiger partial charge in [0.05, 0.1) is 24.5 Å². The molecule has 0 radical (unpaired) electrons. The highest BCUT2D eigenvalue weighted by molar-refractivity contribution is 5.93. The molecule has 1 spiro atoms. The van der Waals surface area contributed by atoms with E-state index < -0.39 is 17.4 Å². The molecule has 2 saturated heterocycles. The Kier molecular flexibility index (Phi) is 4.46. The predicted octanol–water partition coefficient (Wildman–Crippen LogP) is 2.20. The third kappa shape index (κ3) is 2.94. The van der Waals surface area contributed by atoms with Crippen molar-refractivity contribution in [2.45, 2.75) is 62.8 Å². The Balaban J connectivity index is 1.33. The van der Waals surface area contributed by atoms with Gasteiger partial charge < -0.3 is 15.0 Å². The van der Waals surface area contributed by atoms with Crippen molar-refractivity contribution in [1.82, 2.24) is 15.2 Å². The number of carbonyl (C=O) groups excluding carboxylic acids is 2. The van der Waals surface area contributed by atoms with Crippen LogP contribution >= 0.6 is 0 Å². The number of amides is 2. The summed E-state index contributed by atoms with van der Waals surface area (Å²) >= 11 is 0. The maximum atomic E-state index is 13.2. The summed E-state index contributed by atoms with van der Waals surface area (Å²) in [7, 11) is 0. The van der Waals surface area contributed by atoms with E-state index in [1.54, 1.807) is 12.4 Å². The van der Waals surface area contributed by atoms with Gasteiger partial charge in [-0.05, 0) is 24.5 Å². The SMILES string of the molecule is O=C(NC1CCCCCC1)C1[C@@H]2C=CC3(CN(Cc4cccnc4)C(=O)[C@H]13)O2. The Hall–Kier alpha value is -2.21. The largest absolute Gasteiger partial charge is 0.360 e. The van der Waals surface area contributed by atoms with Crippen molar-refractivity contribution in [2.24, 2.45) is 11.8 Å². The first-order valence-electron chi connectivity index (χ1n) is 10.5. The van der Waals surface area contributed by atoms with Crippen molar-refractivity contribution < 1.29 is 14.3 Å². The quantitative estimate of drug-likeness (QED) is 0.641. The molecule has 1 N–H and O–H groups in total. The molecule has 2 amide bonds. The smallest absolute Gasteiger partial charge is 0.230 e. The number of rotatable bonds is 4. The zero-order valence-corrected chi connectivity index (χ0v) is 16.0. The normalized spacial score (nSPS) is 34.5. The minimum absolute atomic E-state index is 0.00953. The van der Waals surface area contributed by atoms with Gasteiger partial charge in [-0.3, -0.25) is 14.6 Å². The molecule has 0 aromatic carbocycles. The number of aromatic nitrogens is 1. The molecule has 3 aliphatic heterocycles. The van der Waals surface area contributed by atoms with E-state index in [1.807, 2.05) is 29.2 Å². The van der Waals surface area contributed by atoms with E-state index in [-0.39, 0.29) is 24.0 Å². The van der Waals surface area contributed by atoms with Gasteiger partial charge in [-0.2, -0.15) is 0 Å². The Labute approximate surface area is 165 Å². The number of pyridine rings is 1. The van der Waals surface area contributed by atoms with Crippen LogP contribution < -0.4 is 5.32 Å². The lowest BCUT2D eigenvalue weighted by Gasteiger charge is -2.26. The molecule has 5 rings (SSSR count). The van der Waals surface area contributed by atoms with Crippen LogP contribution in [0.3, 0.4) is 0 Å². The second-order valence-corrected chi connectivity index (χ2v) is 8.65. The Bertz CT molecular complexity index is 787. The summed E-state index contributed by atoms with van der Waals surface area (Å²) in [4.78, 5) is 32.4. The van der Waals surface area contributed by atoms with Crippen molar-refractivity contribution in [2.75, 3.05) is 6.54 Å². The minimum atomic E-state index is -0.643. The first-order valence-corrected chi connectivity index (χ1v) is 10.5. The highest BCUT2D eigenvalue weighted by Gasteiger charge is 2.66. The number of hydrogen-bond acceptors (Lipinski definition) is 4. The van der Waals surface area contributed by atoms with Crippen molar-refractivity contribution in [3.63, 3.8) is 0 Å². The number of fused-ring (bicyclic) bond motifs is 1. The van der Waals surface area contributed by atoms with Crippen LogP contribution in [0.1, 0.15) is 44.1 Å². The molecule has 2 unspecified atom stereocenters. The molecule has 1 aromatic heterocycles. The molecule has 28 heavy (non-hydrogen) atoms. The summed E-state index contributed by atoms with van der Waals surface area (Å²) in [6, 6.07) is 4.08. The van der Waals surface area contributed by atoms with Crippen LogP contribution in [0, 0.1) is 11.8 Å². The number of likely N-dealkylation sites (tertiary alicyclic amines) is 1. The van der Waals surface area contributed by atoms with Crippen LogP contribution in [0.15, 0.2) is 36.7 Å². The summed E-state index contributed by atoms with van der Waals surface area (Å²) in [6.45, 7) is 1.01. The summed E-state index contributed by atoms with van der Waals surface area (Å²) in [5.41, 5.74) is 0.347. The van der Waals surface area contributed by atoms with E-state index in [0.29, 0.717) is 13.1 Å². The lowest BCUT2D eigenvalue weighted by Crippen LogP contribution is -2.47. The van der Waals surface area contributed by atoms with Crippen LogP contribution in [0.25, 0.3) is 0 Å². The fraction of sp³-hybridized carbons (Fsp3) is 0.591. The molecule has 4 heterocycles. The summed E-state index contributed by atoms with van der Waals surface area (Å²) in [5, 5.41) is 3.25. The molecule has 4 aliphatic rings. The monoisotopic (exact) mass is 381 g/mol. The van der Waals surface area contributed by atoms with Crippen molar-refractivity contribution in [3.8, 4) is 0 Å². The zero-order chi connectivity index (χ0) is 19.1. The third-order valence-electron chi connectivity index (χ3n) is 6.78. The average molecular weight is 381 g/mol. The van der Waals surface area contributed by atoms with Crippen LogP contribution in [-0.2, 0) is 20.9 Å². The van der Waals surface area contributed by atoms with E-state index in [1.165, 1.54) is 25.7 Å². The number of carbonyl (C=O) groups is 2. The fourth-order valence-electron chi connectivity index (χ4n) is 5.44. The second-order valence-electron chi connectivity index (χ2n) is 8.65. The minimum Gasteiger partial charge on any atom is -0.360 e. The molecule has 1 aliphatic carbocycles. The van der Waals surface area contributed by atoms with Gasteiger partial charge in [0.15, 0.2) is 0 Å². The summed E-state index contributed by atoms with van der Waals surface area (Å²) in [5.74, 6) is -0.814. The number of hydrogen-bond donors (Lipinski definition) is 1. The molecule has 6 heteroatoms. The van der Waals surface area contributed by atoms with E-state index >= 15 is 0 Å². The van der Waals surface area contributed by atoms with Gasteiger partial charge in [0, 0.05) is 25.0 Å². The van der Waals surface area contributed by atoms with E-state index in [0.717, 1.165) is 18.4 Å². The molecule has 148 valence electrons. The number of ether oxygens (including phenoxy) is 1. The maximum absolute atomic E-state index is 13.2. The predicted molar refractivity (Wildman–Crippen MR) is 103 cm³/mol. The van der Waals surface area contributed by atoms with Gasteiger partial charge in [0.25, 0.3) is 0 Å². The molecule has 2 bridgehead atoms. The lowest BCUT2D eigenvalue weighted by atomic mass is 9.76.